The van der Waals surface area contributed by atoms with Crippen molar-refractivity contribution in [3.8, 4) is 11.5 Å². The molecule has 35 heavy (non-hydrogen) atoms. The van der Waals surface area contributed by atoms with Crippen LogP contribution >= 0.6 is 11.6 Å². The second kappa shape index (κ2) is 9.00. The highest BCUT2D eigenvalue weighted by molar-refractivity contribution is 6.30. The molecule has 2 saturated heterocycles. The van der Waals surface area contributed by atoms with Crippen LogP contribution in [-0.2, 0) is 12.0 Å². The van der Waals surface area contributed by atoms with E-state index in [2.05, 4.69) is 41.1 Å². The third-order valence-corrected chi connectivity index (χ3v) is 8.47. The number of nitrogens with zero attached hydrogens (tertiary/aromatic N) is 2. The Morgan fingerprint density at radius 3 is 2.63 bits per heavy atom. The summed E-state index contributed by atoms with van der Waals surface area (Å²) in [7, 11) is 0. The number of hydrogen-bond acceptors (Lipinski definition) is 4. The smallest absolute Gasteiger partial charge is 0.131 e. The molecule has 0 radical (unpaired) electrons. The number of phenolic OH excluding ortho intramolecular Hbond substituents is 1. The van der Waals surface area contributed by atoms with Crippen molar-refractivity contribution >= 4 is 17.2 Å². The van der Waals surface area contributed by atoms with Crippen LogP contribution in [0.25, 0.3) is 5.57 Å². The summed E-state index contributed by atoms with van der Waals surface area (Å²) in [4.78, 5) is 7.32. The third kappa shape index (κ3) is 4.23. The third-order valence-electron chi connectivity index (χ3n) is 8.22. The summed E-state index contributed by atoms with van der Waals surface area (Å²) in [5.74, 6) is 1.05. The van der Waals surface area contributed by atoms with Gasteiger partial charge in [0.25, 0.3) is 0 Å². The number of fused-ring (bicyclic) bond motifs is 4. The fourth-order valence-electron chi connectivity index (χ4n) is 6.55. The first-order chi connectivity index (χ1) is 17.0. The number of halogens is 1. The van der Waals surface area contributed by atoms with Gasteiger partial charge in [-0.2, -0.15) is 0 Å². The zero-order valence-electron chi connectivity index (χ0n) is 20.1. The first kappa shape index (κ1) is 22.6. The summed E-state index contributed by atoms with van der Waals surface area (Å²) in [6.07, 6.45) is 10.0. The fraction of sp³-hybridized carbons (Fsp3) is 0.367. The molecule has 3 aromatic rings. The van der Waals surface area contributed by atoms with Crippen molar-refractivity contribution < 1.29 is 9.84 Å². The molecule has 0 saturated carbocycles. The van der Waals surface area contributed by atoms with Gasteiger partial charge in [0.1, 0.15) is 18.1 Å². The molecule has 2 fully saturated rings. The molecule has 1 N–H and O–H groups in total. The topological polar surface area (TPSA) is 45.6 Å². The van der Waals surface area contributed by atoms with E-state index in [0.717, 1.165) is 46.1 Å². The summed E-state index contributed by atoms with van der Waals surface area (Å²) in [5, 5.41) is 11.0. The molecule has 0 amide bonds. The fourth-order valence-corrected chi connectivity index (χ4v) is 6.68. The Morgan fingerprint density at radius 2 is 1.86 bits per heavy atom. The zero-order chi connectivity index (χ0) is 24.0. The van der Waals surface area contributed by atoms with E-state index in [1.165, 1.54) is 31.2 Å². The predicted molar refractivity (Wildman–Crippen MR) is 140 cm³/mol. The van der Waals surface area contributed by atoms with Crippen molar-refractivity contribution in [2.75, 3.05) is 6.54 Å². The van der Waals surface area contributed by atoms with E-state index < -0.39 is 0 Å². The molecule has 6 rings (SSSR count). The summed E-state index contributed by atoms with van der Waals surface area (Å²) in [5.41, 5.74) is 5.70. The Labute approximate surface area is 212 Å². The van der Waals surface area contributed by atoms with Crippen LogP contribution < -0.4 is 4.74 Å². The summed E-state index contributed by atoms with van der Waals surface area (Å²) >= 11 is 6.15. The number of pyridine rings is 1. The van der Waals surface area contributed by atoms with Crippen LogP contribution in [0.1, 0.15) is 61.4 Å². The van der Waals surface area contributed by atoms with Crippen LogP contribution in [0.4, 0.5) is 0 Å². The minimum absolute atomic E-state index is 0.213. The van der Waals surface area contributed by atoms with E-state index in [1.807, 2.05) is 36.5 Å². The Balaban J connectivity index is 1.23. The Morgan fingerprint density at radius 1 is 1.09 bits per heavy atom. The van der Waals surface area contributed by atoms with E-state index >= 15 is 0 Å². The molecule has 2 aromatic carbocycles. The minimum atomic E-state index is 0.213. The monoisotopic (exact) mass is 486 g/mol. The SMILES string of the molecule is CC1(c2ccc(Cl)cc2)CC2CCC(C1)N2CC/C=C1/c2cc(O)ccc2OCc2ncccc21. The van der Waals surface area contributed by atoms with Crippen molar-refractivity contribution in [1.82, 2.24) is 9.88 Å². The van der Waals surface area contributed by atoms with Crippen LogP contribution in [0.5, 0.6) is 11.5 Å². The van der Waals surface area contributed by atoms with Crippen LogP contribution in [-0.4, -0.2) is 33.6 Å². The first-order valence-electron chi connectivity index (χ1n) is 12.6. The van der Waals surface area contributed by atoms with Gasteiger partial charge < -0.3 is 9.84 Å². The van der Waals surface area contributed by atoms with Gasteiger partial charge in [-0.15, -0.1) is 0 Å². The molecule has 5 heteroatoms. The van der Waals surface area contributed by atoms with Gasteiger partial charge in [0.2, 0.25) is 0 Å². The lowest BCUT2D eigenvalue weighted by atomic mass is 9.71. The predicted octanol–water partition coefficient (Wildman–Crippen LogP) is 6.74. The van der Waals surface area contributed by atoms with Gasteiger partial charge in [0, 0.05) is 41.0 Å². The number of benzene rings is 2. The molecule has 2 bridgehead atoms. The molecule has 4 nitrogen and oxygen atoms in total. The number of aromatic nitrogens is 1. The lowest BCUT2D eigenvalue weighted by Gasteiger charge is -2.45. The number of piperidine rings is 1. The lowest BCUT2D eigenvalue weighted by molar-refractivity contribution is 0.0933. The lowest BCUT2D eigenvalue weighted by Crippen LogP contribution is -2.48. The average Bonchev–Trinajstić information content (AvgIpc) is 3.02. The molecule has 2 atom stereocenters. The maximum absolute atomic E-state index is 10.2. The quantitative estimate of drug-likeness (QED) is 0.443. The van der Waals surface area contributed by atoms with E-state index in [1.54, 1.807) is 6.07 Å². The van der Waals surface area contributed by atoms with Crippen LogP contribution in [0, 0.1) is 0 Å². The van der Waals surface area contributed by atoms with E-state index in [0.29, 0.717) is 18.7 Å². The van der Waals surface area contributed by atoms with Crippen molar-refractivity contribution in [1.29, 1.82) is 0 Å². The maximum atomic E-state index is 10.2. The van der Waals surface area contributed by atoms with Gasteiger partial charge in [-0.3, -0.25) is 9.88 Å². The summed E-state index contributed by atoms with van der Waals surface area (Å²) in [6, 6.07) is 19.2. The van der Waals surface area contributed by atoms with E-state index in [-0.39, 0.29) is 11.2 Å². The van der Waals surface area contributed by atoms with Gasteiger partial charge in [-0.25, -0.2) is 0 Å². The largest absolute Gasteiger partial charge is 0.508 e. The average molecular weight is 487 g/mol. The van der Waals surface area contributed by atoms with Crippen molar-refractivity contribution in [2.24, 2.45) is 0 Å². The molecule has 3 aliphatic heterocycles. The summed E-state index contributed by atoms with van der Waals surface area (Å²) in [6.45, 7) is 3.91. The molecule has 180 valence electrons. The van der Waals surface area contributed by atoms with E-state index in [9.17, 15) is 5.11 Å². The highest BCUT2D eigenvalue weighted by Crippen LogP contribution is 2.47. The zero-order valence-corrected chi connectivity index (χ0v) is 20.8. The Bertz CT molecular complexity index is 1260. The second-order valence-electron chi connectivity index (χ2n) is 10.5. The first-order valence-corrected chi connectivity index (χ1v) is 13.0. The normalized spacial score (nSPS) is 26.6. The number of rotatable bonds is 4. The van der Waals surface area contributed by atoms with Crippen molar-refractivity contribution in [3.05, 3.63) is 94.3 Å². The van der Waals surface area contributed by atoms with Gasteiger partial charge in [0.15, 0.2) is 0 Å². The molecule has 0 spiro atoms. The maximum Gasteiger partial charge on any atom is 0.131 e. The van der Waals surface area contributed by atoms with Gasteiger partial charge in [-0.1, -0.05) is 42.8 Å². The second-order valence-corrected chi connectivity index (χ2v) is 10.9. The molecule has 4 heterocycles. The number of hydrogen-bond donors (Lipinski definition) is 1. The van der Waals surface area contributed by atoms with Crippen LogP contribution in [0.3, 0.4) is 0 Å². The Hall–Kier alpha value is -2.82. The molecule has 3 aliphatic rings. The summed E-state index contributed by atoms with van der Waals surface area (Å²) < 4.78 is 6.04. The van der Waals surface area contributed by atoms with Crippen molar-refractivity contribution in [2.45, 2.75) is 63.1 Å². The van der Waals surface area contributed by atoms with Gasteiger partial charge in [0.05, 0.1) is 5.69 Å². The van der Waals surface area contributed by atoms with Crippen LogP contribution in [0.15, 0.2) is 66.9 Å². The minimum Gasteiger partial charge on any atom is -0.508 e. The number of aromatic hydroxyl groups is 1. The van der Waals surface area contributed by atoms with E-state index in [4.69, 9.17) is 16.3 Å². The molecule has 0 aliphatic carbocycles. The highest BCUT2D eigenvalue weighted by Gasteiger charge is 2.46. The number of phenols is 1. The van der Waals surface area contributed by atoms with Gasteiger partial charge in [-0.05, 0) is 85.1 Å². The molecular weight excluding hydrogens is 456 g/mol. The number of ether oxygens (including phenoxy) is 1. The van der Waals surface area contributed by atoms with Crippen LogP contribution in [0.2, 0.25) is 5.02 Å². The van der Waals surface area contributed by atoms with Gasteiger partial charge >= 0.3 is 0 Å². The molecule has 1 aromatic heterocycles. The standard InChI is InChI=1S/C30H31ClN2O2/c1-30(20-6-8-21(31)9-7-20)17-22-10-11-23(18-30)33(22)15-3-5-25-26-4-2-14-32-28(26)19-35-29-13-12-24(34)16-27(25)29/h2,4-9,12-14,16,22-23,34H,3,10-11,15,17-19H2,1H3/b25-5+. The Kier molecular flexibility index (Phi) is 5.82. The highest BCUT2D eigenvalue weighted by atomic mass is 35.5. The van der Waals surface area contributed by atoms with Crippen molar-refractivity contribution in [3.63, 3.8) is 0 Å². The molecular formula is C30H31ClN2O2. The molecule has 2 unspecified atom stereocenters.